The van der Waals surface area contributed by atoms with Gasteiger partial charge in [0, 0.05) is 18.0 Å². The lowest BCUT2D eigenvalue weighted by Crippen LogP contribution is -2.04. The Morgan fingerprint density at radius 3 is 2.71 bits per heavy atom. The van der Waals surface area contributed by atoms with Crippen LogP contribution in [0.3, 0.4) is 0 Å². The molecule has 0 bridgehead atoms. The third kappa shape index (κ3) is 3.58. The van der Waals surface area contributed by atoms with Crippen molar-refractivity contribution in [2.45, 2.75) is 23.7 Å². The molecule has 0 aliphatic heterocycles. The highest BCUT2D eigenvalue weighted by Gasteiger charge is 2.02. The van der Waals surface area contributed by atoms with Gasteiger partial charge < -0.3 is 5.73 Å². The Morgan fingerprint density at radius 2 is 2.00 bits per heavy atom. The van der Waals surface area contributed by atoms with Gasteiger partial charge in [-0.1, -0.05) is 30.3 Å². The summed E-state index contributed by atoms with van der Waals surface area (Å²) in [4.78, 5) is 4.34. The van der Waals surface area contributed by atoms with Crippen LogP contribution in [0.2, 0.25) is 0 Å². The van der Waals surface area contributed by atoms with E-state index in [4.69, 9.17) is 5.73 Å². The van der Waals surface area contributed by atoms with Crippen LogP contribution < -0.4 is 5.73 Å². The second-order valence-electron chi connectivity index (χ2n) is 3.99. The number of rotatable bonds is 4. The molecule has 2 rings (SSSR count). The second kappa shape index (κ2) is 5.84. The van der Waals surface area contributed by atoms with Gasteiger partial charge >= 0.3 is 0 Å². The fraction of sp³-hybridized carbons (Fsp3) is 0.214. The first kappa shape index (κ1) is 12.1. The summed E-state index contributed by atoms with van der Waals surface area (Å²) in [6.45, 7) is 1.99. The Kier molecular flexibility index (Phi) is 4.18. The molecule has 0 unspecified atom stereocenters. The number of nitrogens with two attached hydrogens (primary N) is 1. The zero-order chi connectivity index (χ0) is 12.1. The molecular formula is C14H16N2S. The molecule has 0 saturated heterocycles. The second-order valence-corrected chi connectivity index (χ2v) is 4.99. The molecule has 0 aliphatic carbocycles. The highest BCUT2D eigenvalue weighted by atomic mass is 32.2. The first-order chi connectivity index (χ1) is 8.25. The van der Waals surface area contributed by atoms with Crippen molar-refractivity contribution in [2.75, 3.05) is 0 Å². The molecule has 1 atom stereocenters. The summed E-state index contributed by atoms with van der Waals surface area (Å²) in [7, 11) is 0. The molecule has 0 radical (unpaired) electrons. The van der Waals surface area contributed by atoms with Gasteiger partial charge in [0.15, 0.2) is 0 Å². The Balaban J connectivity index is 2.02. The number of hydrogen-bond donors (Lipinski definition) is 1. The van der Waals surface area contributed by atoms with Gasteiger partial charge in [-0.15, -0.1) is 11.8 Å². The summed E-state index contributed by atoms with van der Waals surface area (Å²) in [5.74, 6) is 0.941. The molecule has 1 aromatic heterocycles. The summed E-state index contributed by atoms with van der Waals surface area (Å²) in [5.41, 5.74) is 8.30. The zero-order valence-corrected chi connectivity index (χ0v) is 10.7. The molecule has 2 nitrogen and oxygen atoms in total. The van der Waals surface area contributed by atoms with Crippen molar-refractivity contribution in [3.8, 4) is 0 Å². The molecule has 2 N–H and O–H groups in total. The summed E-state index contributed by atoms with van der Waals surface area (Å²) in [6.07, 6.45) is 1.83. The molecule has 0 fully saturated rings. The van der Waals surface area contributed by atoms with Crippen LogP contribution in [0.15, 0.2) is 53.7 Å². The van der Waals surface area contributed by atoms with Crippen molar-refractivity contribution >= 4 is 11.8 Å². The van der Waals surface area contributed by atoms with Crippen LogP contribution in [0.1, 0.15) is 24.1 Å². The van der Waals surface area contributed by atoms with Gasteiger partial charge in [-0.25, -0.2) is 4.98 Å². The predicted octanol–water partition coefficient (Wildman–Crippen LogP) is 3.39. The lowest BCUT2D eigenvalue weighted by Gasteiger charge is -2.07. The third-order valence-electron chi connectivity index (χ3n) is 2.51. The first-order valence-corrected chi connectivity index (χ1v) is 6.62. The van der Waals surface area contributed by atoms with Crippen LogP contribution in [0.4, 0.5) is 0 Å². The molecule has 2 aromatic rings. The van der Waals surface area contributed by atoms with Crippen LogP contribution in [-0.2, 0) is 5.75 Å². The van der Waals surface area contributed by atoms with E-state index in [0.717, 1.165) is 16.3 Å². The number of benzene rings is 1. The van der Waals surface area contributed by atoms with E-state index in [9.17, 15) is 0 Å². The van der Waals surface area contributed by atoms with Crippen molar-refractivity contribution in [1.29, 1.82) is 0 Å². The zero-order valence-electron chi connectivity index (χ0n) is 9.84. The molecule has 88 valence electrons. The Bertz CT molecular complexity index is 469. The van der Waals surface area contributed by atoms with Gasteiger partial charge in [-0.2, -0.15) is 0 Å². The standard InChI is InChI=1S/C14H16N2S/c1-11(15)13-7-8-16-14(9-13)17-10-12-5-3-2-4-6-12/h2-9,11H,10,15H2,1H3/t11-/m1/s1. The minimum Gasteiger partial charge on any atom is -0.324 e. The summed E-state index contributed by atoms with van der Waals surface area (Å²) < 4.78 is 0. The summed E-state index contributed by atoms with van der Waals surface area (Å²) in [5, 5.41) is 1.03. The average molecular weight is 244 g/mol. The van der Waals surface area contributed by atoms with Gasteiger partial charge in [0.2, 0.25) is 0 Å². The minimum atomic E-state index is 0.0640. The highest BCUT2D eigenvalue weighted by molar-refractivity contribution is 7.98. The maximum absolute atomic E-state index is 5.85. The summed E-state index contributed by atoms with van der Waals surface area (Å²) >= 11 is 1.74. The highest BCUT2D eigenvalue weighted by Crippen LogP contribution is 2.22. The van der Waals surface area contributed by atoms with Crippen LogP contribution in [-0.4, -0.2) is 4.98 Å². The van der Waals surface area contributed by atoms with Crippen molar-refractivity contribution in [2.24, 2.45) is 5.73 Å². The van der Waals surface area contributed by atoms with E-state index in [-0.39, 0.29) is 6.04 Å². The van der Waals surface area contributed by atoms with Crippen molar-refractivity contribution in [3.05, 3.63) is 59.8 Å². The van der Waals surface area contributed by atoms with Gasteiger partial charge in [-0.05, 0) is 30.2 Å². The van der Waals surface area contributed by atoms with Crippen LogP contribution in [0, 0.1) is 0 Å². The molecule has 0 spiro atoms. The van der Waals surface area contributed by atoms with E-state index in [1.807, 2.05) is 25.3 Å². The van der Waals surface area contributed by atoms with Crippen molar-refractivity contribution in [1.82, 2.24) is 4.98 Å². The van der Waals surface area contributed by atoms with E-state index < -0.39 is 0 Å². The maximum Gasteiger partial charge on any atom is 0.0966 e. The lowest BCUT2D eigenvalue weighted by atomic mass is 10.1. The molecule has 17 heavy (non-hydrogen) atoms. The largest absolute Gasteiger partial charge is 0.324 e. The van der Waals surface area contributed by atoms with E-state index in [1.165, 1.54) is 5.56 Å². The SMILES string of the molecule is C[C@@H](N)c1ccnc(SCc2ccccc2)c1. The average Bonchev–Trinajstić information content (AvgIpc) is 2.38. The van der Waals surface area contributed by atoms with E-state index in [1.54, 1.807) is 11.8 Å². The maximum atomic E-state index is 5.85. The minimum absolute atomic E-state index is 0.0640. The van der Waals surface area contributed by atoms with Crippen LogP contribution in [0.25, 0.3) is 0 Å². The predicted molar refractivity (Wildman–Crippen MR) is 72.8 cm³/mol. The smallest absolute Gasteiger partial charge is 0.0966 e. The molecule has 0 amide bonds. The van der Waals surface area contributed by atoms with E-state index in [2.05, 4.69) is 35.3 Å². The van der Waals surface area contributed by atoms with Gasteiger partial charge in [0.25, 0.3) is 0 Å². The number of pyridine rings is 1. The number of nitrogens with zero attached hydrogens (tertiary/aromatic N) is 1. The fourth-order valence-electron chi connectivity index (χ4n) is 1.52. The first-order valence-electron chi connectivity index (χ1n) is 5.64. The number of thioether (sulfide) groups is 1. The molecule has 1 heterocycles. The third-order valence-corrected chi connectivity index (χ3v) is 3.51. The number of aromatic nitrogens is 1. The molecule has 1 aromatic carbocycles. The van der Waals surface area contributed by atoms with E-state index in [0.29, 0.717) is 0 Å². The van der Waals surface area contributed by atoms with Crippen molar-refractivity contribution < 1.29 is 0 Å². The normalized spacial score (nSPS) is 12.4. The Morgan fingerprint density at radius 1 is 1.24 bits per heavy atom. The molecular weight excluding hydrogens is 228 g/mol. The monoisotopic (exact) mass is 244 g/mol. The van der Waals surface area contributed by atoms with Gasteiger partial charge in [0.05, 0.1) is 5.03 Å². The summed E-state index contributed by atoms with van der Waals surface area (Å²) in [6, 6.07) is 14.5. The molecule has 0 saturated carbocycles. The van der Waals surface area contributed by atoms with Crippen LogP contribution in [0.5, 0.6) is 0 Å². The fourth-order valence-corrected chi connectivity index (χ4v) is 2.38. The van der Waals surface area contributed by atoms with Crippen molar-refractivity contribution in [3.63, 3.8) is 0 Å². The molecule has 0 aliphatic rings. The Hall–Kier alpha value is -1.32. The van der Waals surface area contributed by atoms with Gasteiger partial charge in [-0.3, -0.25) is 0 Å². The van der Waals surface area contributed by atoms with Crippen LogP contribution >= 0.6 is 11.8 Å². The topological polar surface area (TPSA) is 38.9 Å². The van der Waals surface area contributed by atoms with E-state index >= 15 is 0 Å². The molecule has 3 heteroatoms. The number of hydrogen-bond acceptors (Lipinski definition) is 3. The Labute approximate surface area is 106 Å². The quantitative estimate of drug-likeness (QED) is 0.838. The lowest BCUT2D eigenvalue weighted by molar-refractivity contribution is 0.808. The van der Waals surface area contributed by atoms with Gasteiger partial charge in [0.1, 0.15) is 0 Å².